The summed E-state index contributed by atoms with van der Waals surface area (Å²) >= 11 is 1.46. The van der Waals surface area contributed by atoms with Crippen LogP contribution in [0, 0.1) is 0 Å². The van der Waals surface area contributed by atoms with Crippen LogP contribution in [0.4, 0.5) is 0 Å². The molecule has 1 heterocycles. The van der Waals surface area contributed by atoms with Crippen molar-refractivity contribution in [3.8, 4) is 16.3 Å². The molecule has 4 nitrogen and oxygen atoms in total. The number of rotatable bonds is 5. The summed E-state index contributed by atoms with van der Waals surface area (Å²) in [5, 5.41) is 2.60. The maximum atomic E-state index is 11.5. The average molecular weight is 262 g/mol. The third-order valence-electron chi connectivity index (χ3n) is 2.40. The predicted octanol–water partition coefficient (Wildman–Crippen LogP) is 2.70. The second-order valence-corrected chi connectivity index (χ2v) is 4.62. The van der Waals surface area contributed by atoms with E-state index in [1.165, 1.54) is 11.3 Å². The number of carbonyl (C=O) groups is 1. The molecule has 2 aromatic rings. The number of primary amides is 1. The lowest BCUT2D eigenvalue weighted by atomic mass is 10.1. The molecule has 2 rings (SSSR count). The zero-order chi connectivity index (χ0) is 13.0. The Bertz CT molecular complexity index is 538. The van der Waals surface area contributed by atoms with E-state index < -0.39 is 5.91 Å². The van der Waals surface area contributed by atoms with Crippen molar-refractivity contribution in [2.75, 3.05) is 6.61 Å². The molecule has 1 amide bonds. The number of thiazole rings is 1. The van der Waals surface area contributed by atoms with Gasteiger partial charge in [0, 0.05) is 11.6 Å². The summed E-state index contributed by atoms with van der Waals surface area (Å²) in [5.41, 5.74) is 6.53. The maximum Gasteiger partial charge on any atom is 0.249 e. The van der Waals surface area contributed by atoms with Crippen LogP contribution >= 0.6 is 11.3 Å². The minimum Gasteiger partial charge on any atom is -0.493 e. The summed E-state index contributed by atoms with van der Waals surface area (Å²) in [6.45, 7) is 2.63. The molecule has 1 aromatic carbocycles. The van der Waals surface area contributed by atoms with E-state index in [2.05, 4.69) is 4.98 Å². The highest BCUT2D eigenvalue weighted by Crippen LogP contribution is 2.34. The van der Waals surface area contributed by atoms with Crippen molar-refractivity contribution in [3.63, 3.8) is 0 Å². The average Bonchev–Trinajstić information content (AvgIpc) is 2.89. The van der Waals surface area contributed by atoms with Gasteiger partial charge in [0.25, 0.3) is 0 Å². The molecule has 0 saturated carbocycles. The lowest BCUT2D eigenvalue weighted by molar-refractivity contribution is 0.100. The topological polar surface area (TPSA) is 65.2 Å². The van der Waals surface area contributed by atoms with Gasteiger partial charge in [0.15, 0.2) is 0 Å². The number of carbonyl (C=O) groups excluding carboxylic acids is 1. The van der Waals surface area contributed by atoms with Crippen LogP contribution in [0.5, 0.6) is 5.75 Å². The Kier molecular flexibility index (Phi) is 3.94. The van der Waals surface area contributed by atoms with Gasteiger partial charge >= 0.3 is 0 Å². The largest absolute Gasteiger partial charge is 0.493 e. The fourth-order valence-electron chi connectivity index (χ4n) is 1.64. The number of hydrogen-bond acceptors (Lipinski definition) is 4. The number of amides is 1. The summed E-state index contributed by atoms with van der Waals surface area (Å²) in [7, 11) is 0. The Morgan fingerprint density at radius 3 is 2.94 bits per heavy atom. The lowest BCUT2D eigenvalue weighted by Gasteiger charge is -2.11. The van der Waals surface area contributed by atoms with Crippen LogP contribution in [0.3, 0.4) is 0 Å². The predicted molar refractivity (Wildman–Crippen MR) is 71.9 cm³/mol. The van der Waals surface area contributed by atoms with Crippen molar-refractivity contribution in [2.45, 2.75) is 13.3 Å². The number of benzene rings is 1. The molecule has 94 valence electrons. The van der Waals surface area contributed by atoms with Gasteiger partial charge < -0.3 is 10.5 Å². The Balaban J connectivity index is 2.53. The first kappa shape index (κ1) is 12.6. The van der Waals surface area contributed by atoms with Crippen LogP contribution in [-0.4, -0.2) is 17.5 Å². The fraction of sp³-hybridized carbons (Fsp3) is 0.231. The number of nitrogens with two attached hydrogens (primary N) is 1. The van der Waals surface area contributed by atoms with E-state index >= 15 is 0 Å². The van der Waals surface area contributed by atoms with Crippen molar-refractivity contribution < 1.29 is 9.53 Å². The Morgan fingerprint density at radius 1 is 1.50 bits per heavy atom. The fourth-order valence-corrected chi connectivity index (χ4v) is 2.34. The van der Waals surface area contributed by atoms with Gasteiger partial charge in [-0.25, -0.2) is 4.98 Å². The molecule has 0 unspecified atom stereocenters. The molecule has 1 aromatic heterocycles. The van der Waals surface area contributed by atoms with Crippen molar-refractivity contribution in [2.24, 2.45) is 5.73 Å². The van der Waals surface area contributed by atoms with Gasteiger partial charge in [-0.2, -0.15) is 0 Å². The molecule has 0 saturated heterocycles. The molecule has 18 heavy (non-hydrogen) atoms. The molecule has 0 bridgehead atoms. The standard InChI is InChI=1S/C13H14N2O2S/c1-2-7-17-10-5-3-4-9(12(14)16)11(10)13-15-6-8-18-13/h3-6,8H,2,7H2,1H3,(H2,14,16). The van der Waals surface area contributed by atoms with Gasteiger partial charge in [0.1, 0.15) is 10.8 Å². The van der Waals surface area contributed by atoms with Gasteiger partial charge in [-0.3, -0.25) is 4.79 Å². The Morgan fingerprint density at radius 2 is 2.33 bits per heavy atom. The maximum absolute atomic E-state index is 11.5. The Hall–Kier alpha value is -1.88. The van der Waals surface area contributed by atoms with E-state index in [4.69, 9.17) is 10.5 Å². The van der Waals surface area contributed by atoms with E-state index in [1.54, 1.807) is 18.3 Å². The van der Waals surface area contributed by atoms with E-state index in [1.807, 2.05) is 18.4 Å². The van der Waals surface area contributed by atoms with Gasteiger partial charge in [-0.05, 0) is 18.6 Å². The lowest BCUT2D eigenvalue weighted by Crippen LogP contribution is -2.13. The minimum atomic E-state index is -0.470. The molecular weight excluding hydrogens is 248 g/mol. The molecule has 5 heteroatoms. The number of aromatic nitrogens is 1. The summed E-state index contributed by atoms with van der Waals surface area (Å²) in [6.07, 6.45) is 2.60. The molecule has 0 atom stereocenters. The zero-order valence-corrected chi connectivity index (χ0v) is 10.9. The summed E-state index contributed by atoms with van der Waals surface area (Å²) in [5.74, 6) is 0.185. The molecule has 2 N–H and O–H groups in total. The van der Waals surface area contributed by atoms with E-state index in [9.17, 15) is 4.79 Å². The quantitative estimate of drug-likeness (QED) is 0.901. The molecule has 0 aliphatic heterocycles. The van der Waals surface area contributed by atoms with Crippen LogP contribution in [-0.2, 0) is 0 Å². The summed E-state index contributed by atoms with van der Waals surface area (Å²) in [4.78, 5) is 15.7. The van der Waals surface area contributed by atoms with Crippen molar-refractivity contribution >= 4 is 17.2 Å². The van der Waals surface area contributed by atoms with E-state index in [0.29, 0.717) is 23.5 Å². The normalized spacial score (nSPS) is 10.3. The highest BCUT2D eigenvalue weighted by molar-refractivity contribution is 7.13. The molecule has 0 spiro atoms. The smallest absolute Gasteiger partial charge is 0.249 e. The van der Waals surface area contributed by atoms with Crippen LogP contribution in [0.25, 0.3) is 10.6 Å². The minimum absolute atomic E-state index is 0.443. The van der Waals surface area contributed by atoms with Crippen LogP contribution in [0.1, 0.15) is 23.7 Å². The monoisotopic (exact) mass is 262 g/mol. The number of hydrogen-bond donors (Lipinski definition) is 1. The van der Waals surface area contributed by atoms with Gasteiger partial charge in [-0.15, -0.1) is 11.3 Å². The van der Waals surface area contributed by atoms with Gasteiger partial charge in [0.05, 0.1) is 17.7 Å². The molecule has 0 fully saturated rings. The van der Waals surface area contributed by atoms with E-state index in [-0.39, 0.29) is 0 Å². The molecule has 0 aliphatic rings. The van der Waals surface area contributed by atoms with Crippen molar-refractivity contribution in [1.29, 1.82) is 0 Å². The van der Waals surface area contributed by atoms with Crippen LogP contribution in [0.15, 0.2) is 29.8 Å². The zero-order valence-electron chi connectivity index (χ0n) is 10.1. The third kappa shape index (κ3) is 2.51. The van der Waals surface area contributed by atoms with Crippen molar-refractivity contribution in [3.05, 3.63) is 35.3 Å². The number of nitrogens with zero attached hydrogens (tertiary/aromatic N) is 1. The van der Waals surface area contributed by atoms with Gasteiger partial charge in [0.2, 0.25) is 5.91 Å². The van der Waals surface area contributed by atoms with Gasteiger partial charge in [-0.1, -0.05) is 13.0 Å². The Labute approximate surface area is 109 Å². The second kappa shape index (κ2) is 5.64. The highest BCUT2D eigenvalue weighted by atomic mass is 32.1. The summed E-state index contributed by atoms with van der Waals surface area (Å²) < 4.78 is 5.66. The van der Waals surface area contributed by atoms with Crippen LogP contribution < -0.4 is 10.5 Å². The molecule has 0 aliphatic carbocycles. The first-order chi connectivity index (χ1) is 8.74. The summed E-state index contributed by atoms with van der Waals surface area (Å²) in [6, 6.07) is 5.29. The second-order valence-electron chi connectivity index (χ2n) is 3.73. The van der Waals surface area contributed by atoms with E-state index in [0.717, 1.165) is 11.4 Å². The van der Waals surface area contributed by atoms with Crippen molar-refractivity contribution in [1.82, 2.24) is 4.98 Å². The third-order valence-corrected chi connectivity index (χ3v) is 3.19. The highest BCUT2D eigenvalue weighted by Gasteiger charge is 2.17. The molecule has 0 radical (unpaired) electrons. The first-order valence-corrected chi connectivity index (χ1v) is 6.57. The SMILES string of the molecule is CCCOc1cccc(C(N)=O)c1-c1nccs1. The first-order valence-electron chi connectivity index (χ1n) is 5.69. The molecular formula is C13H14N2O2S. The number of ether oxygens (including phenoxy) is 1. The van der Waals surface area contributed by atoms with Crippen LogP contribution in [0.2, 0.25) is 0 Å².